The second-order valence-electron chi connectivity index (χ2n) is 10.4. The number of hydrogen-bond donors (Lipinski definition) is 1. The minimum Gasteiger partial charge on any atom is -0.426 e. The molecule has 0 atom stereocenters. The SMILES string of the molecule is CCCc1ccc(C)cc1N1C(=O)CSC1=NC(=O)Nc1ccc(-c2ncn(-c3ccc(OC(F)(F)C(F)(F)F)cc3)n2)c(C)c1. The van der Waals surface area contributed by atoms with E-state index in [0.717, 1.165) is 41.8 Å². The Morgan fingerprint density at radius 2 is 1.78 bits per heavy atom. The van der Waals surface area contributed by atoms with Gasteiger partial charge in [0.1, 0.15) is 12.1 Å². The molecule has 0 spiro atoms. The first-order chi connectivity index (χ1) is 21.8. The van der Waals surface area contributed by atoms with Crippen molar-refractivity contribution in [3.05, 3.63) is 83.7 Å². The lowest BCUT2D eigenvalue weighted by Gasteiger charge is -2.20. The second-order valence-corrected chi connectivity index (χ2v) is 11.3. The number of halogens is 5. The van der Waals surface area contributed by atoms with Gasteiger partial charge in [0, 0.05) is 11.3 Å². The van der Waals surface area contributed by atoms with E-state index in [1.807, 2.05) is 25.1 Å². The summed E-state index contributed by atoms with van der Waals surface area (Å²) in [5.74, 6) is -0.353. The van der Waals surface area contributed by atoms with Crippen LogP contribution in [0.2, 0.25) is 0 Å². The minimum absolute atomic E-state index is 0.154. The van der Waals surface area contributed by atoms with Gasteiger partial charge in [-0.2, -0.15) is 26.9 Å². The molecule has 4 aromatic rings. The van der Waals surface area contributed by atoms with Gasteiger partial charge in [0.15, 0.2) is 11.0 Å². The first kappa shape index (κ1) is 32.6. The third kappa shape index (κ3) is 7.03. The van der Waals surface area contributed by atoms with Crippen molar-refractivity contribution < 1.29 is 36.3 Å². The van der Waals surface area contributed by atoms with Crippen molar-refractivity contribution in [1.82, 2.24) is 14.8 Å². The number of hydrogen-bond acceptors (Lipinski definition) is 6. The van der Waals surface area contributed by atoms with E-state index in [-0.39, 0.29) is 11.7 Å². The average molecular weight is 659 g/mol. The monoisotopic (exact) mass is 658 g/mol. The molecule has 15 heteroatoms. The van der Waals surface area contributed by atoms with E-state index in [2.05, 4.69) is 32.1 Å². The maximum absolute atomic E-state index is 13.2. The summed E-state index contributed by atoms with van der Waals surface area (Å²) in [6.07, 6.45) is -8.17. The highest BCUT2D eigenvalue weighted by Crippen LogP contribution is 2.37. The molecule has 0 bridgehead atoms. The zero-order valence-corrected chi connectivity index (χ0v) is 25.5. The molecule has 240 valence electrons. The molecule has 1 saturated heterocycles. The van der Waals surface area contributed by atoms with E-state index in [1.54, 1.807) is 25.1 Å². The lowest BCUT2D eigenvalue weighted by molar-refractivity contribution is -0.360. The summed E-state index contributed by atoms with van der Waals surface area (Å²) in [6.45, 7) is 5.77. The molecule has 0 saturated carbocycles. The Morgan fingerprint density at radius 3 is 2.46 bits per heavy atom. The van der Waals surface area contributed by atoms with Crippen LogP contribution in [0.3, 0.4) is 0 Å². The molecule has 1 aromatic heterocycles. The summed E-state index contributed by atoms with van der Waals surface area (Å²) in [5, 5.41) is 7.39. The molecule has 3 amide bonds. The van der Waals surface area contributed by atoms with Gasteiger partial charge in [0.05, 0.1) is 17.1 Å². The van der Waals surface area contributed by atoms with Crippen LogP contribution in [0, 0.1) is 13.8 Å². The fourth-order valence-corrected chi connectivity index (χ4v) is 5.52. The standard InChI is InChI=1S/C31H27F5N6O3S/c1-4-5-20-7-6-18(2)14-25(20)42-26(43)16-46-29(42)39-28(44)38-21-8-13-24(19(3)15-21)27-37-17-41(40-27)22-9-11-23(12-10-22)45-31(35,36)30(32,33)34/h6-15,17H,4-5,16H2,1-3H3,(H,38,44). The Morgan fingerprint density at radius 1 is 1.04 bits per heavy atom. The summed E-state index contributed by atoms with van der Waals surface area (Å²) < 4.78 is 68.8. The molecular weight excluding hydrogens is 631 g/mol. The van der Waals surface area contributed by atoms with E-state index >= 15 is 0 Å². The highest BCUT2D eigenvalue weighted by molar-refractivity contribution is 8.15. The zero-order chi connectivity index (χ0) is 33.2. The Bertz CT molecular complexity index is 1810. The van der Waals surface area contributed by atoms with Crippen molar-refractivity contribution in [2.45, 2.75) is 45.9 Å². The Kier molecular flexibility index (Phi) is 9.15. The van der Waals surface area contributed by atoms with Crippen LogP contribution in [-0.2, 0) is 11.2 Å². The van der Waals surface area contributed by atoms with Gasteiger partial charge < -0.3 is 10.1 Å². The van der Waals surface area contributed by atoms with Gasteiger partial charge in [-0.05, 0) is 85.5 Å². The van der Waals surface area contributed by atoms with Gasteiger partial charge >= 0.3 is 18.3 Å². The number of amides is 3. The number of ether oxygens (including phenoxy) is 1. The van der Waals surface area contributed by atoms with E-state index < -0.39 is 24.1 Å². The molecule has 1 aliphatic heterocycles. The van der Waals surface area contributed by atoms with Crippen LogP contribution in [0.1, 0.15) is 30.0 Å². The molecule has 5 rings (SSSR count). The largest absolute Gasteiger partial charge is 0.499 e. The average Bonchev–Trinajstić information content (AvgIpc) is 3.61. The Balaban J connectivity index is 1.28. The molecule has 9 nitrogen and oxygen atoms in total. The van der Waals surface area contributed by atoms with Gasteiger partial charge in [-0.15, -0.1) is 5.10 Å². The number of benzene rings is 3. The van der Waals surface area contributed by atoms with Crippen molar-refractivity contribution in [1.29, 1.82) is 0 Å². The van der Waals surface area contributed by atoms with Crippen LogP contribution in [-0.4, -0.2) is 49.9 Å². The summed E-state index contributed by atoms with van der Waals surface area (Å²) in [5.41, 5.74) is 4.82. The summed E-state index contributed by atoms with van der Waals surface area (Å²) in [6, 6.07) is 14.7. The molecule has 1 N–H and O–H groups in total. The molecule has 0 unspecified atom stereocenters. The number of aliphatic imine (C=N–C) groups is 1. The van der Waals surface area contributed by atoms with Gasteiger partial charge in [-0.25, -0.2) is 14.5 Å². The number of aromatic nitrogens is 3. The zero-order valence-electron chi connectivity index (χ0n) is 24.7. The van der Waals surface area contributed by atoms with Crippen molar-refractivity contribution >= 4 is 40.2 Å². The maximum Gasteiger partial charge on any atom is 0.499 e. The first-order valence-corrected chi connectivity index (χ1v) is 15.0. The van der Waals surface area contributed by atoms with Gasteiger partial charge in [0.2, 0.25) is 5.91 Å². The first-order valence-electron chi connectivity index (χ1n) is 14.0. The number of aryl methyl sites for hydroxylation is 3. The number of rotatable bonds is 8. The van der Waals surface area contributed by atoms with E-state index in [1.165, 1.54) is 39.8 Å². The third-order valence-corrected chi connectivity index (χ3v) is 7.77. The Hall–Kier alpha value is -4.79. The summed E-state index contributed by atoms with van der Waals surface area (Å²) >= 11 is 1.19. The fourth-order valence-electron chi connectivity index (χ4n) is 4.66. The topological polar surface area (TPSA) is 102 Å². The number of nitrogens with one attached hydrogen (secondary N) is 1. The number of alkyl halides is 5. The third-order valence-electron chi connectivity index (χ3n) is 6.85. The van der Waals surface area contributed by atoms with Crippen LogP contribution in [0.5, 0.6) is 5.75 Å². The molecule has 1 aliphatic rings. The highest BCUT2D eigenvalue weighted by Gasteiger charge is 2.61. The van der Waals surface area contributed by atoms with Gasteiger partial charge in [-0.3, -0.25) is 9.69 Å². The minimum atomic E-state index is -5.85. The molecule has 0 aliphatic carbocycles. The normalized spacial score (nSPS) is 14.7. The van der Waals surface area contributed by atoms with Crippen LogP contribution < -0.4 is 15.0 Å². The van der Waals surface area contributed by atoms with Crippen molar-refractivity contribution in [3.63, 3.8) is 0 Å². The fraction of sp³-hybridized carbons (Fsp3) is 0.258. The van der Waals surface area contributed by atoms with E-state index in [4.69, 9.17) is 0 Å². The molecule has 0 radical (unpaired) electrons. The van der Waals surface area contributed by atoms with Crippen molar-refractivity contribution in [2.75, 3.05) is 16.0 Å². The maximum atomic E-state index is 13.2. The van der Waals surface area contributed by atoms with Crippen LogP contribution >= 0.6 is 11.8 Å². The lowest BCUT2D eigenvalue weighted by Crippen LogP contribution is -2.41. The number of carbonyl (C=O) groups excluding carboxylic acids is 2. The van der Waals surface area contributed by atoms with Gasteiger partial charge in [0.25, 0.3) is 0 Å². The molecular formula is C31H27F5N6O3S. The number of amidine groups is 1. The number of thioether (sulfide) groups is 1. The number of urea groups is 1. The van der Waals surface area contributed by atoms with Crippen LogP contribution in [0.4, 0.5) is 38.1 Å². The quantitative estimate of drug-likeness (QED) is 0.195. The highest BCUT2D eigenvalue weighted by atomic mass is 32.2. The number of anilines is 2. The number of nitrogens with zero attached hydrogens (tertiary/aromatic N) is 5. The second kappa shape index (κ2) is 12.9. The molecule has 46 heavy (non-hydrogen) atoms. The predicted octanol–water partition coefficient (Wildman–Crippen LogP) is 7.71. The van der Waals surface area contributed by atoms with Gasteiger partial charge in [-0.1, -0.05) is 37.2 Å². The summed E-state index contributed by atoms with van der Waals surface area (Å²) in [7, 11) is 0. The van der Waals surface area contributed by atoms with Crippen molar-refractivity contribution in [2.24, 2.45) is 4.99 Å². The molecule has 2 heterocycles. The van der Waals surface area contributed by atoms with E-state index in [9.17, 15) is 31.5 Å². The smallest absolute Gasteiger partial charge is 0.426 e. The lowest BCUT2D eigenvalue weighted by atomic mass is 10.0. The molecule has 1 fully saturated rings. The molecule has 3 aromatic carbocycles. The van der Waals surface area contributed by atoms with Crippen LogP contribution in [0.25, 0.3) is 17.1 Å². The predicted molar refractivity (Wildman–Crippen MR) is 165 cm³/mol. The Labute approximate surface area is 264 Å². The van der Waals surface area contributed by atoms with Crippen molar-refractivity contribution in [3.8, 4) is 22.8 Å². The van der Waals surface area contributed by atoms with Crippen LogP contribution in [0.15, 0.2) is 72.0 Å². The van der Waals surface area contributed by atoms with E-state index in [0.29, 0.717) is 33.5 Å². The number of carbonyl (C=O) groups is 2. The summed E-state index contributed by atoms with van der Waals surface area (Å²) in [4.78, 5) is 35.7.